The smallest absolute Gasteiger partial charge is 0.450 e. The van der Waals surface area contributed by atoms with E-state index < -0.39 is 12.4 Å². The van der Waals surface area contributed by atoms with E-state index in [1.54, 1.807) is 0 Å². The minimum atomic E-state index is -1.20. The van der Waals surface area contributed by atoms with Gasteiger partial charge in [-0.05, 0) is 26.7 Å². The molecular formula is C11H19NO3S. The van der Waals surface area contributed by atoms with E-state index >= 15 is 0 Å². The molecule has 0 aromatic rings. The van der Waals surface area contributed by atoms with Crippen molar-refractivity contribution >= 4 is 17.9 Å². The maximum absolute atomic E-state index is 10.6. The van der Waals surface area contributed by atoms with E-state index in [1.165, 1.54) is 19.3 Å². The first-order valence-corrected chi connectivity index (χ1v) is 6.63. The molecule has 0 amide bonds. The quantitative estimate of drug-likeness (QED) is 0.696. The van der Waals surface area contributed by atoms with Gasteiger partial charge in [-0.3, -0.25) is 5.32 Å². The molecule has 1 heterocycles. The third-order valence-corrected chi connectivity index (χ3v) is 5.02. The third-order valence-electron chi connectivity index (χ3n) is 3.36. The number of thioether (sulfide) groups is 1. The molecular weight excluding hydrogens is 226 g/mol. The molecule has 1 saturated carbocycles. The van der Waals surface area contributed by atoms with Crippen LogP contribution in [0.15, 0.2) is 0 Å². The van der Waals surface area contributed by atoms with Gasteiger partial charge in [0.15, 0.2) is 6.23 Å². The fourth-order valence-corrected chi connectivity index (χ4v) is 4.52. The summed E-state index contributed by atoms with van der Waals surface area (Å²) in [4.78, 5) is 10.7. The molecule has 0 aromatic heterocycles. The third kappa shape index (κ3) is 2.30. The fraction of sp³-hybridized carbons (Fsp3) is 0.909. The lowest BCUT2D eigenvalue weighted by Crippen LogP contribution is -2.47. The topological polar surface area (TPSA) is 58.6 Å². The molecule has 1 spiro atoms. The summed E-state index contributed by atoms with van der Waals surface area (Å²) >= 11 is 1.84. The minimum absolute atomic E-state index is 0.0435. The van der Waals surface area contributed by atoms with Gasteiger partial charge < -0.3 is 9.84 Å². The molecule has 16 heavy (non-hydrogen) atoms. The largest absolute Gasteiger partial charge is 0.507 e. The van der Waals surface area contributed by atoms with Crippen molar-refractivity contribution < 1.29 is 14.6 Å². The lowest BCUT2D eigenvalue weighted by atomic mass is 9.94. The second-order valence-electron chi connectivity index (χ2n) is 5.17. The Balaban J connectivity index is 2.08. The van der Waals surface area contributed by atoms with Crippen LogP contribution in [0.4, 0.5) is 4.79 Å². The van der Waals surface area contributed by atoms with E-state index in [2.05, 4.69) is 5.32 Å². The van der Waals surface area contributed by atoms with Gasteiger partial charge >= 0.3 is 6.16 Å². The number of nitrogens with one attached hydrogen (secondary N) is 1. The van der Waals surface area contributed by atoms with Crippen LogP contribution in [0.1, 0.15) is 46.0 Å². The molecule has 2 N–H and O–H groups in total. The summed E-state index contributed by atoms with van der Waals surface area (Å²) in [5, 5.41) is 12.1. The fourth-order valence-electron chi connectivity index (χ4n) is 2.64. The predicted octanol–water partition coefficient (Wildman–Crippen LogP) is 2.78. The monoisotopic (exact) mass is 245 g/mol. The first-order chi connectivity index (χ1) is 7.44. The Bertz CT molecular complexity index is 287. The molecule has 0 unspecified atom stereocenters. The second-order valence-corrected chi connectivity index (χ2v) is 7.21. The van der Waals surface area contributed by atoms with Crippen molar-refractivity contribution in [3.63, 3.8) is 0 Å². The van der Waals surface area contributed by atoms with E-state index in [9.17, 15) is 4.79 Å². The number of rotatable bonds is 1. The zero-order valence-corrected chi connectivity index (χ0v) is 10.6. The Kier molecular flexibility index (Phi) is 3.09. The molecule has 0 bridgehead atoms. The van der Waals surface area contributed by atoms with Crippen molar-refractivity contribution in [2.75, 3.05) is 0 Å². The summed E-state index contributed by atoms with van der Waals surface area (Å²) in [6, 6.07) is 0. The highest BCUT2D eigenvalue weighted by Gasteiger charge is 2.52. The van der Waals surface area contributed by atoms with Crippen molar-refractivity contribution in [1.82, 2.24) is 5.32 Å². The van der Waals surface area contributed by atoms with Gasteiger partial charge in [-0.15, -0.1) is 11.8 Å². The Morgan fingerprint density at radius 3 is 2.56 bits per heavy atom. The predicted molar refractivity (Wildman–Crippen MR) is 63.5 cm³/mol. The van der Waals surface area contributed by atoms with Gasteiger partial charge in [-0.25, -0.2) is 4.79 Å². The molecule has 0 aromatic carbocycles. The maximum Gasteiger partial charge on any atom is 0.507 e. The molecule has 2 rings (SSSR count). The Morgan fingerprint density at radius 1 is 1.38 bits per heavy atom. The average molecular weight is 245 g/mol. The molecule has 1 saturated heterocycles. The Hall–Kier alpha value is -0.420. The standard InChI is InChI=1S/C11H19NO3S/c1-10(2)8(15-9(13)14)12-11(16-10)6-4-3-5-7-11/h8,12H,3-7H2,1-2H3,(H,13,14)/t8-/m1/s1. The van der Waals surface area contributed by atoms with Crippen LogP contribution < -0.4 is 5.32 Å². The van der Waals surface area contributed by atoms with Crippen LogP contribution in [-0.4, -0.2) is 27.1 Å². The number of hydrogen-bond donors (Lipinski definition) is 2. The van der Waals surface area contributed by atoms with Crippen molar-refractivity contribution in [3.8, 4) is 0 Å². The summed E-state index contributed by atoms with van der Waals surface area (Å²) < 4.78 is 4.75. The number of carboxylic acid groups (broad SMARTS) is 1. The highest BCUT2D eigenvalue weighted by molar-refractivity contribution is 8.02. The van der Waals surface area contributed by atoms with Gasteiger partial charge in [-0.1, -0.05) is 19.3 Å². The van der Waals surface area contributed by atoms with E-state index in [1.807, 2.05) is 25.6 Å². The van der Waals surface area contributed by atoms with Gasteiger partial charge in [0.25, 0.3) is 0 Å². The Labute approximate surface area is 100 Å². The summed E-state index contributed by atoms with van der Waals surface area (Å²) in [6.07, 6.45) is 4.36. The van der Waals surface area contributed by atoms with Crippen molar-refractivity contribution in [2.24, 2.45) is 0 Å². The first kappa shape index (κ1) is 12.0. The van der Waals surface area contributed by atoms with Crippen LogP contribution in [0.3, 0.4) is 0 Å². The molecule has 92 valence electrons. The van der Waals surface area contributed by atoms with Crippen molar-refractivity contribution in [3.05, 3.63) is 0 Å². The van der Waals surface area contributed by atoms with E-state index in [0.29, 0.717) is 0 Å². The highest BCUT2D eigenvalue weighted by Crippen LogP contribution is 2.51. The molecule has 1 aliphatic heterocycles. The molecule has 1 aliphatic carbocycles. The van der Waals surface area contributed by atoms with Gasteiger partial charge in [-0.2, -0.15) is 0 Å². The molecule has 5 heteroatoms. The van der Waals surface area contributed by atoms with Crippen molar-refractivity contribution in [1.29, 1.82) is 0 Å². The number of hydrogen-bond acceptors (Lipinski definition) is 4. The van der Waals surface area contributed by atoms with Crippen LogP contribution in [-0.2, 0) is 4.74 Å². The lowest BCUT2D eigenvalue weighted by Gasteiger charge is -2.33. The molecule has 2 aliphatic rings. The highest BCUT2D eigenvalue weighted by atomic mass is 32.2. The lowest BCUT2D eigenvalue weighted by molar-refractivity contribution is 0.0201. The summed E-state index contributed by atoms with van der Waals surface area (Å²) in [5.74, 6) is 0. The number of ether oxygens (including phenoxy) is 1. The normalized spacial score (nSPS) is 31.5. The zero-order chi connectivity index (χ0) is 11.8. The Morgan fingerprint density at radius 2 is 2.00 bits per heavy atom. The van der Waals surface area contributed by atoms with Gasteiger partial charge in [0, 0.05) is 0 Å². The first-order valence-electron chi connectivity index (χ1n) is 5.81. The summed E-state index contributed by atoms with van der Waals surface area (Å²) in [5.41, 5.74) is 0. The van der Waals surface area contributed by atoms with Crippen molar-refractivity contribution in [2.45, 2.75) is 61.8 Å². The van der Waals surface area contributed by atoms with Crippen LogP contribution in [0.5, 0.6) is 0 Å². The second kappa shape index (κ2) is 4.11. The van der Waals surface area contributed by atoms with Crippen LogP contribution >= 0.6 is 11.8 Å². The summed E-state index contributed by atoms with van der Waals surface area (Å²) in [6.45, 7) is 4.09. The van der Waals surface area contributed by atoms with Crippen LogP contribution in [0.2, 0.25) is 0 Å². The molecule has 0 radical (unpaired) electrons. The minimum Gasteiger partial charge on any atom is -0.450 e. The number of carbonyl (C=O) groups is 1. The molecule has 2 fully saturated rings. The van der Waals surface area contributed by atoms with E-state index in [-0.39, 0.29) is 9.62 Å². The SMILES string of the molecule is CC1(C)SC2(CCCCC2)N[C@@H]1OC(=O)O. The van der Waals surface area contributed by atoms with E-state index in [0.717, 1.165) is 12.8 Å². The van der Waals surface area contributed by atoms with Crippen LogP contribution in [0, 0.1) is 0 Å². The summed E-state index contributed by atoms with van der Waals surface area (Å²) in [7, 11) is 0. The van der Waals surface area contributed by atoms with Gasteiger partial charge in [0.1, 0.15) is 0 Å². The van der Waals surface area contributed by atoms with Crippen LogP contribution in [0.25, 0.3) is 0 Å². The van der Waals surface area contributed by atoms with Gasteiger partial charge in [0.2, 0.25) is 0 Å². The zero-order valence-electron chi connectivity index (χ0n) is 9.78. The maximum atomic E-state index is 10.6. The van der Waals surface area contributed by atoms with E-state index in [4.69, 9.17) is 9.84 Å². The molecule has 1 atom stereocenters. The van der Waals surface area contributed by atoms with Gasteiger partial charge in [0.05, 0.1) is 9.62 Å². The average Bonchev–Trinajstić information content (AvgIpc) is 2.37. The molecule has 4 nitrogen and oxygen atoms in total.